The highest BCUT2D eigenvalue weighted by molar-refractivity contribution is 7.07. The molecule has 36 heavy (non-hydrogen) atoms. The fraction of sp³-hybridized carbons (Fsp3) is 0.172. The molecule has 0 radical (unpaired) electrons. The van der Waals surface area contributed by atoms with Crippen LogP contribution in [-0.2, 0) is 6.42 Å². The molecular formula is C29H24N2O4S. The molecule has 2 aliphatic rings. The first-order chi connectivity index (χ1) is 17.6. The van der Waals surface area contributed by atoms with Crippen LogP contribution in [0.3, 0.4) is 0 Å². The minimum absolute atomic E-state index is 0.0861. The van der Waals surface area contributed by atoms with E-state index < -0.39 is 0 Å². The molecule has 3 aromatic carbocycles. The number of phenols is 1. The molecule has 0 bridgehead atoms. The maximum absolute atomic E-state index is 13.8. The maximum Gasteiger partial charge on any atom is 0.271 e. The number of phenolic OH excluding ortho intramolecular Hbond substituents is 1. The first kappa shape index (κ1) is 22.4. The topological polar surface area (TPSA) is 73.0 Å². The minimum Gasteiger partial charge on any atom is -0.508 e. The number of allylic oxidation sites excluding steroid dienone is 1. The van der Waals surface area contributed by atoms with Gasteiger partial charge in [-0.2, -0.15) is 0 Å². The van der Waals surface area contributed by atoms with Crippen LogP contribution in [-0.4, -0.2) is 23.9 Å². The third-order valence-electron chi connectivity index (χ3n) is 6.79. The van der Waals surface area contributed by atoms with Crippen LogP contribution >= 0.6 is 11.3 Å². The van der Waals surface area contributed by atoms with Crippen molar-refractivity contribution in [2.75, 3.05) is 14.2 Å². The van der Waals surface area contributed by atoms with Crippen molar-refractivity contribution in [3.05, 3.63) is 114 Å². The van der Waals surface area contributed by atoms with Gasteiger partial charge >= 0.3 is 0 Å². The van der Waals surface area contributed by atoms with Gasteiger partial charge in [0.15, 0.2) is 16.3 Å². The van der Waals surface area contributed by atoms with Crippen molar-refractivity contribution in [3.63, 3.8) is 0 Å². The van der Waals surface area contributed by atoms with Crippen LogP contribution in [0.2, 0.25) is 0 Å². The van der Waals surface area contributed by atoms with Crippen molar-refractivity contribution in [2.24, 2.45) is 4.99 Å². The molecule has 0 spiro atoms. The summed E-state index contributed by atoms with van der Waals surface area (Å²) in [5.74, 6) is 1.45. The van der Waals surface area contributed by atoms with Gasteiger partial charge in [-0.15, -0.1) is 0 Å². The summed E-state index contributed by atoms with van der Waals surface area (Å²) in [5.41, 5.74) is 6.19. The molecule has 6 rings (SSSR count). The zero-order valence-corrected chi connectivity index (χ0v) is 20.7. The summed E-state index contributed by atoms with van der Waals surface area (Å²) in [5, 5.41) is 9.63. The number of fused-ring (bicyclic) bond motifs is 3. The molecule has 0 amide bonds. The number of hydrogen-bond acceptors (Lipinski definition) is 6. The number of aromatic hydroxyl groups is 1. The lowest BCUT2D eigenvalue weighted by Gasteiger charge is -2.31. The fourth-order valence-corrected chi connectivity index (χ4v) is 6.07. The summed E-state index contributed by atoms with van der Waals surface area (Å²) in [6.45, 7) is 0. The third kappa shape index (κ3) is 3.63. The van der Waals surface area contributed by atoms with Crippen molar-refractivity contribution in [3.8, 4) is 17.2 Å². The molecule has 1 aliphatic heterocycles. The fourth-order valence-electron chi connectivity index (χ4n) is 5.07. The number of aromatic nitrogens is 1. The van der Waals surface area contributed by atoms with Gasteiger partial charge in [0.25, 0.3) is 5.56 Å². The van der Waals surface area contributed by atoms with E-state index >= 15 is 0 Å². The zero-order chi connectivity index (χ0) is 24.8. The van der Waals surface area contributed by atoms with Crippen LogP contribution in [0.4, 0.5) is 0 Å². The number of aryl methyl sites for hydroxylation is 1. The normalized spacial score (nSPS) is 16.6. The Balaban J connectivity index is 1.62. The van der Waals surface area contributed by atoms with Gasteiger partial charge in [-0.3, -0.25) is 9.36 Å². The van der Waals surface area contributed by atoms with Crippen LogP contribution in [0, 0.1) is 0 Å². The molecule has 180 valence electrons. The summed E-state index contributed by atoms with van der Waals surface area (Å²) in [6, 6.07) is 20.7. The molecule has 0 unspecified atom stereocenters. The van der Waals surface area contributed by atoms with E-state index in [1.54, 1.807) is 38.5 Å². The van der Waals surface area contributed by atoms with E-state index in [1.165, 1.54) is 16.9 Å². The second-order valence-corrected chi connectivity index (χ2v) is 9.83. The molecule has 1 atom stereocenters. The molecule has 0 fully saturated rings. The van der Waals surface area contributed by atoms with Gasteiger partial charge in [-0.1, -0.05) is 53.8 Å². The summed E-state index contributed by atoms with van der Waals surface area (Å²) < 4.78 is 13.5. The molecular weight excluding hydrogens is 472 g/mol. The Labute approximate surface area is 211 Å². The van der Waals surface area contributed by atoms with Crippen molar-refractivity contribution in [2.45, 2.75) is 18.9 Å². The van der Waals surface area contributed by atoms with Gasteiger partial charge < -0.3 is 14.6 Å². The summed E-state index contributed by atoms with van der Waals surface area (Å²) >= 11 is 1.38. The third-order valence-corrected chi connectivity index (χ3v) is 7.77. The van der Waals surface area contributed by atoms with Crippen LogP contribution in [0.25, 0.3) is 11.8 Å². The van der Waals surface area contributed by atoms with Crippen LogP contribution in [0.1, 0.15) is 34.7 Å². The smallest absolute Gasteiger partial charge is 0.271 e. The average Bonchev–Trinajstić information content (AvgIpc) is 3.22. The van der Waals surface area contributed by atoms with Gasteiger partial charge in [0.05, 0.1) is 30.5 Å². The quantitative estimate of drug-likeness (QED) is 0.463. The molecule has 0 saturated carbocycles. The average molecular weight is 497 g/mol. The SMILES string of the molecule is COc1ccc([C@H]2C3=C(N=c4s/c(=C\c5ccc(O)cc5)c(=O)n42)c2ccccc2CC3)cc1OC. The van der Waals surface area contributed by atoms with E-state index in [2.05, 4.69) is 18.2 Å². The van der Waals surface area contributed by atoms with Crippen LogP contribution < -0.4 is 24.4 Å². The minimum atomic E-state index is -0.300. The Hall–Kier alpha value is -4.10. The van der Waals surface area contributed by atoms with Gasteiger partial charge in [-0.25, -0.2) is 4.99 Å². The van der Waals surface area contributed by atoms with E-state index in [0.29, 0.717) is 20.8 Å². The monoisotopic (exact) mass is 496 g/mol. The lowest BCUT2D eigenvalue weighted by Crippen LogP contribution is -2.38. The second-order valence-electron chi connectivity index (χ2n) is 8.82. The zero-order valence-electron chi connectivity index (χ0n) is 19.9. The molecule has 1 N–H and O–H groups in total. The van der Waals surface area contributed by atoms with Crippen molar-refractivity contribution >= 4 is 23.1 Å². The highest BCUT2D eigenvalue weighted by Gasteiger charge is 2.33. The highest BCUT2D eigenvalue weighted by Crippen LogP contribution is 2.42. The van der Waals surface area contributed by atoms with E-state index in [-0.39, 0.29) is 17.4 Å². The number of thiazole rings is 1. The van der Waals surface area contributed by atoms with E-state index in [1.807, 2.05) is 34.9 Å². The number of ether oxygens (including phenoxy) is 2. The largest absolute Gasteiger partial charge is 0.508 e. The van der Waals surface area contributed by atoms with Crippen molar-refractivity contribution in [1.29, 1.82) is 0 Å². The van der Waals surface area contributed by atoms with E-state index in [9.17, 15) is 9.90 Å². The van der Waals surface area contributed by atoms with Gasteiger partial charge in [0, 0.05) is 5.56 Å². The molecule has 6 nitrogen and oxygen atoms in total. The predicted molar refractivity (Wildman–Crippen MR) is 140 cm³/mol. The van der Waals surface area contributed by atoms with Crippen LogP contribution in [0.15, 0.2) is 82.1 Å². The number of nitrogens with zero attached hydrogens (tertiary/aromatic N) is 2. The number of methoxy groups -OCH3 is 2. The Morgan fingerprint density at radius 3 is 2.56 bits per heavy atom. The van der Waals surface area contributed by atoms with Gasteiger partial charge in [-0.05, 0) is 65.4 Å². The Morgan fingerprint density at radius 2 is 1.78 bits per heavy atom. The van der Waals surface area contributed by atoms with Gasteiger partial charge in [0.1, 0.15) is 5.75 Å². The molecule has 7 heteroatoms. The molecule has 1 aliphatic carbocycles. The Morgan fingerprint density at radius 1 is 1.00 bits per heavy atom. The Bertz CT molecular complexity index is 1700. The van der Waals surface area contributed by atoms with Crippen LogP contribution in [0.5, 0.6) is 17.2 Å². The lowest BCUT2D eigenvalue weighted by molar-refractivity contribution is 0.354. The number of rotatable bonds is 4. The predicted octanol–water partition coefficient (Wildman–Crippen LogP) is 4.04. The molecule has 2 heterocycles. The summed E-state index contributed by atoms with van der Waals surface area (Å²) in [7, 11) is 3.23. The Kier molecular flexibility index (Phi) is 5.49. The number of benzene rings is 3. The molecule has 1 aromatic heterocycles. The molecule has 0 saturated heterocycles. The molecule has 4 aromatic rings. The van der Waals surface area contributed by atoms with E-state index in [0.717, 1.165) is 40.8 Å². The first-order valence-corrected chi connectivity index (χ1v) is 12.5. The van der Waals surface area contributed by atoms with Crippen molar-refractivity contribution < 1.29 is 14.6 Å². The second kappa shape index (κ2) is 8.84. The summed E-state index contributed by atoms with van der Waals surface area (Å²) in [6.07, 6.45) is 3.56. The van der Waals surface area contributed by atoms with Gasteiger partial charge in [0.2, 0.25) is 0 Å². The van der Waals surface area contributed by atoms with E-state index in [4.69, 9.17) is 14.5 Å². The standard InChI is InChI=1S/C29H24N2O4S/c1-34-23-14-10-19(16-24(23)35-2)27-22-13-9-18-5-3-4-6-21(18)26(22)30-29-31(27)28(33)25(36-29)15-17-7-11-20(32)12-8-17/h3-8,10-12,14-16,27,32H,9,13H2,1-2H3/b25-15-/t27-/m0/s1. The van der Waals surface area contributed by atoms with Crippen molar-refractivity contribution in [1.82, 2.24) is 4.57 Å². The lowest BCUT2D eigenvalue weighted by atomic mass is 9.83. The first-order valence-electron chi connectivity index (χ1n) is 11.7. The summed E-state index contributed by atoms with van der Waals surface area (Å²) in [4.78, 5) is 19.5. The number of hydrogen-bond donors (Lipinski definition) is 1. The maximum atomic E-state index is 13.8. The highest BCUT2D eigenvalue weighted by atomic mass is 32.1.